The molecule has 3 aromatic rings. The predicted octanol–water partition coefficient (Wildman–Crippen LogP) is 2.58. The van der Waals surface area contributed by atoms with Gasteiger partial charge in [0, 0.05) is 18.2 Å². The summed E-state index contributed by atoms with van der Waals surface area (Å²) in [5, 5.41) is 6.69. The summed E-state index contributed by atoms with van der Waals surface area (Å²) in [4.78, 5) is 17.3. The summed E-state index contributed by atoms with van der Waals surface area (Å²) < 4.78 is 79.9. The molecule has 14 heteroatoms. The van der Waals surface area contributed by atoms with Gasteiger partial charge < -0.3 is 0 Å². The van der Waals surface area contributed by atoms with E-state index < -0.39 is 48.7 Å². The van der Waals surface area contributed by atoms with E-state index in [0.29, 0.717) is 16.8 Å². The van der Waals surface area contributed by atoms with Crippen molar-refractivity contribution < 1.29 is 30.4 Å². The molecule has 0 saturated heterocycles. The molecule has 2 N–H and O–H groups in total. The summed E-state index contributed by atoms with van der Waals surface area (Å²) in [6.07, 6.45) is 8.39. The largest absolute Gasteiger partial charge is 0.287 e. The molecule has 1 aromatic carbocycles. The highest BCUT2D eigenvalue weighted by Crippen LogP contribution is 2.28. The number of nitrogens with zero attached hydrogens (tertiary/aromatic N) is 3. The highest BCUT2D eigenvalue weighted by Gasteiger charge is 2.25. The van der Waals surface area contributed by atoms with Gasteiger partial charge in [0.2, 0.25) is 25.8 Å². The SMILES string of the molecule is CS(=O)(=O)N=C1C=CC(c2cnc3n[nH]c(C(=O)c4ccc(F)c(NS(C)(=O)=O)c4F)c3c2)=CC1. The maximum atomic E-state index is 14.9. The molecule has 2 heterocycles. The fraction of sp³-hybridized carbons (Fsp3) is 0.143. The number of hydrogen-bond acceptors (Lipinski definition) is 7. The lowest BCUT2D eigenvalue weighted by atomic mass is 9.98. The van der Waals surface area contributed by atoms with Gasteiger partial charge in [0.1, 0.15) is 17.2 Å². The van der Waals surface area contributed by atoms with Gasteiger partial charge in [-0.1, -0.05) is 12.2 Å². The normalized spacial score (nSPS) is 15.4. The Labute approximate surface area is 198 Å². The molecule has 35 heavy (non-hydrogen) atoms. The summed E-state index contributed by atoms with van der Waals surface area (Å²) in [6.45, 7) is 0. The first-order valence-corrected chi connectivity index (χ1v) is 13.6. The summed E-state index contributed by atoms with van der Waals surface area (Å²) in [6, 6.07) is 3.27. The highest BCUT2D eigenvalue weighted by molar-refractivity contribution is 7.92. The lowest BCUT2D eigenvalue weighted by molar-refractivity contribution is 0.103. The standard InChI is InChI=1S/C21H17F2N5O5S2/c1-34(30,31)27-13-5-3-11(4-6-13)12-9-15-18(25-26-21(15)24-10-12)20(29)14-7-8-16(22)19(17(14)23)28-35(2,32)33/h3-5,7-10,28H,6H2,1-2H3,(H,24,25,26). The Kier molecular flexibility index (Phi) is 6.11. The van der Waals surface area contributed by atoms with Crippen LogP contribution in [-0.2, 0) is 20.0 Å². The summed E-state index contributed by atoms with van der Waals surface area (Å²) >= 11 is 0. The Bertz CT molecular complexity index is 1690. The van der Waals surface area contributed by atoms with Gasteiger partial charge in [-0.25, -0.2) is 30.6 Å². The average Bonchev–Trinajstić information content (AvgIpc) is 3.18. The van der Waals surface area contributed by atoms with Crippen molar-refractivity contribution >= 4 is 53.8 Å². The van der Waals surface area contributed by atoms with Gasteiger partial charge in [-0.15, -0.1) is 0 Å². The molecule has 0 saturated carbocycles. The summed E-state index contributed by atoms with van der Waals surface area (Å²) in [7, 11) is -7.55. The number of rotatable bonds is 6. The number of nitrogens with one attached hydrogen (secondary N) is 2. The van der Waals surface area contributed by atoms with Crippen LogP contribution in [-0.4, -0.2) is 56.0 Å². The van der Waals surface area contributed by atoms with Crippen LogP contribution in [0.25, 0.3) is 16.6 Å². The van der Waals surface area contributed by atoms with Crippen LogP contribution in [0.2, 0.25) is 0 Å². The number of ketones is 1. The number of benzene rings is 1. The van der Waals surface area contributed by atoms with Crippen molar-refractivity contribution in [3.8, 4) is 0 Å². The summed E-state index contributed by atoms with van der Waals surface area (Å²) in [5.41, 5.74) is 0.0890. The third kappa shape index (κ3) is 5.33. The van der Waals surface area contributed by atoms with Crippen LogP contribution in [0.15, 0.2) is 47.0 Å². The van der Waals surface area contributed by atoms with Crippen molar-refractivity contribution in [2.45, 2.75) is 6.42 Å². The molecule has 10 nitrogen and oxygen atoms in total. The van der Waals surface area contributed by atoms with Gasteiger partial charge in [-0.2, -0.15) is 9.50 Å². The minimum Gasteiger partial charge on any atom is -0.287 e. The summed E-state index contributed by atoms with van der Waals surface area (Å²) in [5.74, 6) is -3.45. The number of hydrogen-bond donors (Lipinski definition) is 2. The second-order valence-corrected chi connectivity index (χ2v) is 11.1. The first kappa shape index (κ1) is 24.3. The zero-order valence-electron chi connectivity index (χ0n) is 18.2. The topological polar surface area (TPSA) is 151 Å². The van der Waals surface area contributed by atoms with Gasteiger partial charge in [0.15, 0.2) is 11.5 Å². The molecule has 4 rings (SSSR count). The average molecular weight is 522 g/mol. The van der Waals surface area contributed by atoms with Gasteiger partial charge in [-0.3, -0.25) is 14.6 Å². The number of halogens is 2. The first-order valence-electron chi connectivity index (χ1n) is 9.84. The molecule has 0 amide bonds. The lowest BCUT2D eigenvalue weighted by Gasteiger charge is -2.10. The van der Waals surface area contributed by atoms with E-state index in [0.717, 1.165) is 24.6 Å². The molecule has 0 fully saturated rings. The van der Waals surface area contributed by atoms with Crippen LogP contribution in [0.5, 0.6) is 0 Å². The molecule has 0 aliphatic heterocycles. The highest BCUT2D eigenvalue weighted by atomic mass is 32.2. The molecule has 0 bridgehead atoms. The van der Waals surface area contributed by atoms with Crippen LogP contribution >= 0.6 is 0 Å². The molecule has 0 spiro atoms. The minimum absolute atomic E-state index is 0.134. The number of aromatic amines is 1. The number of aromatic nitrogens is 3. The van der Waals surface area contributed by atoms with E-state index in [1.807, 2.05) is 0 Å². The van der Waals surface area contributed by atoms with Gasteiger partial charge >= 0.3 is 0 Å². The van der Waals surface area contributed by atoms with E-state index >= 15 is 0 Å². The number of carbonyl (C=O) groups is 1. The molecule has 1 aliphatic carbocycles. The van der Waals surface area contributed by atoms with Crippen molar-refractivity contribution in [3.05, 3.63) is 71.1 Å². The number of carbonyl (C=O) groups excluding carboxylic acids is 1. The van der Waals surface area contributed by atoms with E-state index in [1.165, 1.54) is 6.20 Å². The molecule has 0 radical (unpaired) electrons. The van der Waals surface area contributed by atoms with Crippen LogP contribution in [0.4, 0.5) is 14.5 Å². The molecule has 0 atom stereocenters. The van der Waals surface area contributed by atoms with Gasteiger partial charge in [0.25, 0.3) is 0 Å². The Morgan fingerprint density at radius 2 is 1.89 bits per heavy atom. The Balaban J connectivity index is 1.72. The fourth-order valence-corrected chi connectivity index (χ4v) is 4.52. The first-order chi connectivity index (χ1) is 16.3. The molecule has 0 unspecified atom stereocenters. The Morgan fingerprint density at radius 1 is 1.14 bits per heavy atom. The Hall–Kier alpha value is -3.78. The van der Waals surface area contributed by atoms with Crippen LogP contribution in [0.1, 0.15) is 28.0 Å². The van der Waals surface area contributed by atoms with E-state index in [2.05, 4.69) is 19.6 Å². The zero-order valence-corrected chi connectivity index (χ0v) is 19.8. The van der Waals surface area contributed by atoms with Crippen LogP contribution in [0, 0.1) is 11.6 Å². The molecular formula is C21H17F2N5O5S2. The third-order valence-electron chi connectivity index (χ3n) is 4.86. The van der Waals surface area contributed by atoms with Crippen molar-refractivity contribution in [3.63, 3.8) is 0 Å². The number of H-pyrrole nitrogens is 1. The minimum atomic E-state index is -4.01. The van der Waals surface area contributed by atoms with Crippen LogP contribution in [0.3, 0.4) is 0 Å². The van der Waals surface area contributed by atoms with E-state index in [-0.39, 0.29) is 23.1 Å². The second kappa shape index (κ2) is 8.78. The molecule has 2 aromatic heterocycles. The van der Waals surface area contributed by atoms with Crippen molar-refractivity contribution in [1.82, 2.24) is 15.2 Å². The monoisotopic (exact) mass is 521 g/mol. The van der Waals surface area contributed by atoms with E-state index in [1.54, 1.807) is 29.0 Å². The van der Waals surface area contributed by atoms with E-state index in [9.17, 15) is 30.4 Å². The number of anilines is 1. The number of sulfonamides is 2. The quantitative estimate of drug-likeness (QED) is 0.473. The Morgan fingerprint density at radius 3 is 2.51 bits per heavy atom. The molecule has 1 aliphatic rings. The zero-order chi connectivity index (χ0) is 25.5. The fourth-order valence-electron chi connectivity index (χ4n) is 3.40. The maximum absolute atomic E-state index is 14.9. The number of allylic oxidation sites excluding steroid dienone is 4. The third-order valence-corrected chi connectivity index (χ3v) is 6.00. The van der Waals surface area contributed by atoms with Crippen molar-refractivity contribution in [2.24, 2.45) is 4.40 Å². The van der Waals surface area contributed by atoms with Gasteiger partial charge in [0.05, 0.1) is 29.2 Å². The number of fused-ring (bicyclic) bond motifs is 1. The maximum Gasteiger partial charge on any atom is 0.250 e. The molecule has 182 valence electrons. The van der Waals surface area contributed by atoms with Crippen molar-refractivity contribution in [2.75, 3.05) is 17.2 Å². The van der Waals surface area contributed by atoms with Crippen LogP contribution < -0.4 is 4.72 Å². The van der Waals surface area contributed by atoms with Gasteiger partial charge in [-0.05, 0) is 29.8 Å². The second-order valence-electron chi connectivity index (χ2n) is 7.69. The lowest BCUT2D eigenvalue weighted by Crippen LogP contribution is -2.15. The molecular weight excluding hydrogens is 504 g/mol. The predicted molar refractivity (Wildman–Crippen MR) is 126 cm³/mol. The smallest absolute Gasteiger partial charge is 0.250 e. The van der Waals surface area contributed by atoms with E-state index in [4.69, 9.17) is 0 Å². The van der Waals surface area contributed by atoms with Crippen molar-refractivity contribution in [1.29, 1.82) is 0 Å². The number of pyridine rings is 1.